The maximum absolute atomic E-state index is 11.7. The van der Waals surface area contributed by atoms with Crippen LogP contribution in [0.3, 0.4) is 0 Å². The van der Waals surface area contributed by atoms with Gasteiger partial charge in [0.15, 0.2) is 0 Å². The molecule has 2 N–H and O–H groups in total. The number of hydrogen-bond acceptors (Lipinski definition) is 2. The van der Waals surface area contributed by atoms with Gasteiger partial charge in [0, 0.05) is 12.1 Å². The van der Waals surface area contributed by atoms with Gasteiger partial charge >= 0.3 is 5.97 Å². The monoisotopic (exact) mass is 309 g/mol. The normalized spacial score (nSPS) is 12.7. The molecule has 4 heteroatoms. The highest BCUT2D eigenvalue weighted by molar-refractivity contribution is 5.96. The van der Waals surface area contributed by atoms with E-state index in [0.29, 0.717) is 23.6 Å². The van der Waals surface area contributed by atoms with Crippen LogP contribution in [-0.4, -0.2) is 23.5 Å². The van der Waals surface area contributed by atoms with E-state index in [4.69, 9.17) is 5.11 Å². The maximum atomic E-state index is 11.7. The SMILES string of the molecule is Cc1cc(C(=O)NCC2CC2)[c]cc1C(=O)O.[c]1ccccc1. The van der Waals surface area contributed by atoms with Gasteiger partial charge < -0.3 is 10.4 Å². The molecule has 118 valence electrons. The Balaban J connectivity index is 0.000000268. The molecule has 1 aliphatic rings. The van der Waals surface area contributed by atoms with Crippen LogP contribution in [-0.2, 0) is 0 Å². The van der Waals surface area contributed by atoms with Crippen molar-refractivity contribution in [3.8, 4) is 0 Å². The molecule has 0 unspecified atom stereocenters. The lowest BCUT2D eigenvalue weighted by molar-refractivity contribution is 0.0695. The van der Waals surface area contributed by atoms with Crippen LogP contribution in [0.2, 0.25) is 0 Å². The standard InChI is InChI=1S/C13H14NO3.C6H5/c1-8-6-10(4-5-11(8)13(16)17)12(15)14-7-9-2-3-9;1-2-4-6-5-3-1/h5-6,9H,2-3,7H2,1H3,(H,14,15)(H,16,17);1-5H. The first-order valence-corrected chi connectivity index (χ1v) is 7.53. The molecule has 1 amide bonds. The number of aryl methyl sites for hydroxylation is 1. The average Bonchev–Trinajstić information content (AvgIpc) is 3.38. The maximum Gasteiger partial charge on any atom is 0.335 e. The van der Waals surface area contributed by atoms with Crippen molar-refractivity contribution in [2.24, 2.45) is 5.92 Å². The van der Waals surface area contributed by atoms with Gasteiger partial charge in [-0.25, -0.2) is 4.79 Å². The van der Waals surface area contributed by atoms with Crippen LogP contribution in [0.25, 0.3) is 0 Å². The Bertz CT molecular complexity index is 637. The summed E-state index contributed by atoms with van der Waals surface area (Å²) in [6, 6.07) is 18.1. The molecule has 1 aliphatic carbocycles. The van der Waals surface area contributed by atoms with Crippen molar-refractivity contribution in [1.82, 2.24) is 5.32 Å². The molecule has 0 atom stereocenters. The van der Waals surface area contributed by atoms with Gasteiger partial charge in [0.25, 0.3) is 5.91 Å². The van der Waals surface area contributed by atoms with E-state index < -0.39 is 5.97 Å². The Hall–Kier alpha value is -2.62. The largest absolute Gasteiger partial charge is 0.478 e. The number of hydrogen-bond donors (Lipinski definition) is 2. The summed E-state index contributed by atoms with van der Waals surface area (Å²) in [6.45, 7) is 2.38. The molecule has 0 heterocycles. The molecule has 0 saturated heterocycles. The molecule has 0 spiro atoms. The first kappa shape index (κ1) is 16.7. The van der Waals surface area contributed by atoms with Crippen LogP contribution < -0.4 is 5.32 Å². The third-order valence-electron chi connectivity index (χ3n) is 3.49. The fraction of sp³-hybridized carbons (Fsp3) is 0.263. The molecular formula is C19H19NO3. The minimum atomic E-state index is -0.997. The van der Waals surface area contributed by atoms with Crippen LogP contribution in [0.5, 0.6) is 0 Å². The molecule has 2 radical (unpaired) electrons. The summed E-state index contributed by atoms with van der Waals surface area (Å²) in [5.41, 5.74) is 1.16. The Kier molecular flexibility index (Phi) is 5.92. The molecule has 0 aliphatic heterocycles. The van der Waals surface area contributed by atoms with E-state index in [-0.39, 0.29) is 11.5 Å². The highest BCUT2D eigenvalue weighted by atomic mass is 16.4. The van der Waals surface area contributed by atoms with Crippen LogP contribution >= 0.6 is 0 Å². The molecule has 0 bridgehead atoms. The van der Waals surface area contributed by atoms with E-state index in [1.165, 1.54) is 18.9 Å². The molecule has 4 nitrogen and oxygen atoms in total. The lowest BCUT2D eigenvalue weighted by Crippen LogP contribution is -2.25. The average molecular weight is 309 g/mol. The predicted molar refractivity (Wildman–Crippen MR) is 87.3 cm³/mol. The second kappa shape index (κ2) is 8.13. The second-order valence-corrected chi connectivity index (χ2v) is 5.48. The van der Waals surface area contributed by atoms with Crippen molar-refractivity contribution >= 4 is 11.9 Å². The first-order chi connectivity index (χ1) is 11.1. The molecule has 2 aromatic rings. The van der Waals surface area contributed by atoms with Gasteiger partial charge in [0.05, 0.1) is 5.56 Å². The molecule has 0 aromatic heterocycles. The van der Waals surface area contributed by atoms with Crippen molar-refractivity contribution in [3.63, 3.8) is 0 Å². The van der Waals surface area contributed by atoms with Crippen LogP contribution in [0.1, 0.15) is 39.1 Å². The highest BCUT2D eigenvalue weighted by Gasteiger charge is 2.22. The lowest BCUT2D eigenvalue weighted by Gasteiger charge is -2.06. The molecule has 3 rings (SSSR count). The summed E-state index contributed by atoms with van der Waals surface area (Å²) in [7, 11) is 0. The Morgan fingerprint density at radius 1 is 1.26 bits per heavy atom. The molecule has 1 fully saturated rings. The highest BCUT2D eigenvalue weighted by Crippen LogP contribution is 2.27. The number of carboxylic acid groups (broad SMARTS) is 1. The molecule has 2 aromatic carbocycles. The summed E-state index contributed by atoms with van der Waals surface area (Å²) in [5.74, 6) is -0.557. The van der Waals surface area contributed by atoms with Gasteiger partial charge in [-0.15, -0.1) is 0 Å². The van der Waals surface area contributed by atoms with Crippen LogP contribution in [0, 0.1) is 25.0 Å². The summed E-state index contributed by atoms with van der Waals surface area (Å²) < 4.78 is 0. The number of carbonyl (C=O) groups excluding carboxylic acids is 1. The Labute approximate surface area is 136 Å². The van der Waals surface area contributed by atoms with Crippen molar-refractivity contribution in [2.45, 2.75) is 19.8 Å². The Morgan fingerprint density at radius 3 is 2.39 bits per heavy atom. The fourth-order valence-electron chi connectivity index (χ4n) is 1.96. The topological polar surface area (TPSA) is 66.4 Å². The van der Waals surface area contributed by atoms with Crippen LogP contribution in [0.15, 0.2) is 42.5 Å². The third-order valence-corrected chi connectivity index (χ3v) is 3.49. The predicted octanol–water partition coefficient (Wildman–Crippen LogP) is 3.12. The van der Waals surface area contributed by atoms with Gasteiger partial charge in [-0.3, -0.25) is 4.79 Å². The van der Waals surface area contributed by atoms with Gasteiger partial charge in [-0.2, -0.15) is 0 Å². The number of benzene rings is 2. The van der Waals surface area contributed by atoms with E-state index >= 15 is 0 Å². The zero-order valence-corrected chi connectivity index (χ0v) is 13.0. The zero-order valence-electron chi connectivity index (χ0n) is 13.0. The van der Waals surface area contributed by atoms with E-state index in [2.05, 4.69) is 17.4 Å². The third kappa shape index (κ3) is 5.58. The lowest BCUT2D eigenvalue weighted by atomic mass is 10.0. The van der Waals surface area contributed by atoms with Gasteiger partial charge in [0.2, 0.25) is 0 Å². The van der Waals surface area contributed by atoms with E-state index in [9.17, 15) is 9.59 Å². The summed E-state index contributed by atoms with van der Waals surface area (Å²) in [4.78, 5) is 22.5. The Morgan fingerprint density at radius 2 is 1.96 bits per heavy atom. The van der Waals surface area contributed by atoms with E-state index in [1.807, 2.05) is 30.3 Å². The quantitative estimate of drug-likeness (QED) is 0.912. The number of carbonyl (C=O) groups is 2. The van der Waals surface area contributed by atoms with Crippen molar-refractivity contribution < 1.29 is 14.7 Å². The number of carboxylic acids is 1. The minimum Gasteiger partial charge on any atom is -0.478 e. The number of nitrogens with one attached hydrogen (secondary N) is 1. The van der Waals surface area contributed by atoms with Gasteiger partial charge in [-0.05, 0) is 55.5 Å². The summed E-state index contributed by atoms with van der Waals surface area (Å²) >= 11 is 0. The first-order valence-electron chi connectivity index (χ1n) is 7.53. The number of rotatable bonds is 4. The van der Waals surface area contributed by atoms with Gasteiger partial charge in [-0.1, -0.05) is 30.3 Å². The van der Waals surface area contributed by atoms with Crippen molar-refractivity contribution in [1.29, 1.82) is 0 Å². The van der Waals surface area contributed by atoms with Crippen molar-refractivity contribution in [2.75, 3.05) is 6.54 Å². The van der Waals surface area contributed by atoms with E-state index in [1.54, 1.807) is 13.0 Å². The van der Waals surface area contributed by atoms with Crippen LogP contribution in [0.4, 0.5) is 0 Å². The molecular weight excluding hydrogens is 290 g/mol. The van der Waals surface area contributed by atoms with Crippen molar-refractivity contribution in [3.05, 3.63) is 71.3 Å². The van der Waals surface area contributed by atoms with E-state index in [0.717, 1.165) is 0 Å². The second-order valence-electron chi connectivity index (χ2n) is 5.48. The zero-order chi connectivity index (χ0) is 16.7. The summed E-state index contributed by atoms with van der Waals surface area (Å²) in [5, 5.41) is 11.7. The number of amides is 1. The van der Waals surface area contributed by atoms with Gasteiger partial charge in [0.1, 0.15) is 0 Å². The molecule has 23 heavy (non-hydrogen) atoms. The number of aromatic carboxylic acids is 1. The summed E-state index contributed by atoms with van der Waals surface area (Å²) in [6.07, 6.45) is 2.36. The fourth-order valence-corrected chi connectivity index (χ4v) is 1.96. The molecule has 1 saturated carbocycles. The smallest absolute Gasteiger partial charge is 0.335 e. The minimum absolute atomic E-state index is 0.183.